The number of nitriles is 1. The van der Waals surface area contributed by atoms with Crippen molar-refractivity contribution >= 4 is 5.91 Å². The van der Waals surface area contributed by atoms with E-state index in [1.165, 1.54) is 4.90 Å². The molecule has 1 heterocycles. The van der Waals surface area contributed by atoms with Crippen molar-refractivity contribution in [3.63, 3.8) is 0 Å². The molecule has 0 radical (unpaired) electrons. The molecule has 2 N–H and O–H groups in total. The number of hydrogen-bond donors (Lipinski definition) is 1. The predicted molar refractivity (Wildman–Crippen MR) is 58.1 cm³/mol. The summed E-state index contributed by atoms with van der Waals surface area (Å²) in [6.45, 7) is 5.53. The number of nitrogens with two attached hydrogens (primary N) is 1. The number of amides is 1. The monoisotopic (exact) mass is 227 g/mol. The van der Waals surface area contributed by atoms with Crippen LogP contribution >= 0.6 is 0 Å². The van der Waals surface area contributed by atoms with Crippen LogP contribution in [0.15, 0.2) is 0 Å². The highest BCUT2D eigenvalue weighted by molar-refractivity contribution is 5.83. The van der Waals surface area contributed by atoms with Crippen LogP contribution in [-0.2, 0) is 4.79 Å². The van der Waals surface area contributed by atoms with E-state index in [2.05, 4.69) is 0 Å². The maximum atomic E-state index is 13.1. The number of halogens is 1. The van der Waals surface area contributed by atoms with Gasteiger partial charge in [-0.2, -0.15) is 5.26 Å². The van der Waals surface area contributed by atoms with Gasteiger partial charge >= 0.3 is 0 Å². The molecule has 0 spiro atoms. The number of rotatable bonds is 1. The van der Waals surface area contributed by atoms with Crippen LogP contribution in [0.2, 0.25) is 0 Å². The Bertz CT molecular complexity index is 318. The average molecular weight is 227 g/mol. The SMILES string of the molecule is CC(C)(C)[C@@H](N)C(=O)N1C[C@@H](F)C[C@@H]1C#N. The second-order valence-electron chi connectivity index (χ2n) is 5.31. The molecular formula is C11H18FN3O. The van der Waals surface area contributed by atoms with Gasteiger partial charge in [0, 0.05) is 6.42 Å². The minimum Gasteiger partial charge on any atom is -0.322 e. The third kappa shape index (κ3) is 2.50. The Labute approximate surface area is 95.2 Å². The summed E-state index contributed by atoms with van der Waals surface area (Å²) in [6, 6.07) is 0.570. The van der Waals surface area contributed by atoms with Gasteiger partial charge in [0.1, 0.15) is 12.2 Å². The van der Waals surface area contributed by atoms with Gasteiger partial charge in [-0.15, -0.1) is 0 Å². The number of likely N-dealkylation sites (tertiary alicyclic amines) is 1. The number of alkyl halides is 1. The van der Waals surface area contributed by atoms with E-state index in [4.69, 9.17) is 11.0 Å². The van der Waals surface area contributed by atoms with E-state index in [1.807, 2.05) is 26.8 Å². The second-order valence-corrected chi connectivity index (χ2v) is 5.31. The summed E-state index contributed by atoms with van der Waals surface area (Å²) < 4.78 is 13.1. The van der Waals surface area contributed by atoms with Crippen molar-refractivity contribution in [3.8, 4) is 6.07 Å². The molecule has 1 amide bonds. The Hall–Kier alpha value is -1.15. The maximum Gasteiger partial charge on any atom is 0.241 e. The van der Waals surface area contributed by atoms with Crippen molar-refractivity contribution < 1.29 is 9.18 Å². The van der Waals surface area contributed by atoms with Crippen molar-refractivity contribution in [2.24, 2.45) is 11.1 Å². The van der Waals surface area contributed by atoms with Gasteiger partial charge in [-0.1, -0.05) is 20.8 Å². The van der Waals surface area contributed by atoms with Gasteiger partial charge in [-0.05, 0) is 5.41 Å². The van der Waals surface area contributed by atoms with E-state index in [0.29, 0.717) is 0 Å². The maximum absolute atomic E-state index is 13.1. The van der Waals surface area contributed by atoms with Gasteiger partial charge in [0.2, 0.25) is 5.91 Å². The topological polar surface area (TPSA) is 70.1 Å². The lowest BCUT2D eigenvalue weighted by molar-refractivity contribution is -0.135. The van der Waals surface area contributed by atoms with Crippen LogP contribution in [0.3, 0.4) is 0 Å². The summed E-state index contributed by atoms with van der Waals surface area (Å²) in [5.74, 6) is -0.334. The molecule has 5 heteroatoms. The highest BCUT2D eigenvalue weighted by Gasteiger charge is 2.40. The summed E-state index contributed by atoms with van der Waals surface area (Å²) in [6.07, 6.45) is -1.01. The van der Waals surface area contributed by atoms with E-state index in [1.54, 1.807) is 0 Å². The van der Waals surface area contributed by atoms with E-state index in [0.717, 1.165) is 0 Å². The lowest BCUT2D eigenvalue weighted by atomic mass is 9.86. The highest BCUT2D eigenvalue weighted by atomic mass is 19.1. The molecule has 1 aliphatic rings. The van der Waals surface area contributed by atoms with Gasteiger partial charge in [-0.3, -0.25) is 4.79 Å². The van der Waals surface area contributed by atoms with E-state index >= 15 is 0 Å². The smallest absolute Gasteiger partial charge is 0.241 e. The molecule has 0 aromatic carbocycles. The molecule has 0 saturated carbocycles. The standard InChI is InChI=1S/C11H18FN3O/c1-11(2,3)9(14)10(16)15-6-7(12)4-8(15)5-13/h7-9H,4,6,14H2,1-3H3/t7-,8+,9-/m0/s1. The van der Waals surface area contributed by atoms with Gasteiger partial charge in [0.25, 0.3) is 0 Å². The normalized spacial score (nSPS) is 27.6. The average Bonchev–Trinajstić information content (AvgIpc) is 2.55. The second kappa shape index (κ2) is 4.38. The zero-order chi connectivity index (χ0) is 12.5. The Morgan fingerprint density at radius 3 is 2.62 bits per heavy atom. The van der Waals surface area contributed by atoms with Gasteiger partial charge in [0.05, 0.1) is 18.7 Å². The zero-order valence-corrected chi connectivity index (χ0v) is 9.90. The first-order valence-corrected chi connectivity index (χ1v) is 5.37. The molecule has 16 heavy (non-hydrogen) atoms. The van der Waals surface area contributed by atoms with Crippen LogP contribution in [0, 0.1) is 16.7 Å². The van der Waals surface area contributed by atoms with Crippen LogP contribution < -0.4 is 5.73 Å². The largest absolute Gasteiger partial charge is 0.322 e. The molecule has 0 aromatic heterocycles. The van der Waals surface area contributed by atoms with Crippen LogP contribution in [0.4, 0.5) is 4.39 Å². The van der Waals surface area contributed by atoms with Crippen molar-refractivity contribution in [2.45, 2.75) is 45.4 Å². The van der Waals surface area contributed by atoms with E-state index < -0.39 is 18.3 Å². The first-order chi connectivity index (χ1) is 7.27. The zero-order valence-electron chi connectivity index (χ0n) is 9.90. The number of hydrogen-bond acceptors (Lipinski definition) is 3. The molecule has 3 atom stereocenters. The molecule has 1 saturated heterocycles. The highest BCUT2D eigenvalue weighted by Crippen LogP contribution is 2.25. The van der Waals surface area contributed by atoms with Crippen molar-refractivity contribution in [3.05, 3.63) is 0 Å². The quantitative estimate of drug-likeness (QED) is 0.721. The molecule has 1 aliphatic heterocycles. The fraction of sp³-hybridized carbons (Fsp3) is 0.818. The fourth-order valence-corrected chi connectivity index (χ4v) is 1.70. The minimum atomic E-state index is -1.11. The van der Waals surface area contributed by atoms with Crippen molar-refractivity contribution in [2.75, 3.05) is 6.54 Å². The summed E-state index contributed by atoms with van der Waals surface area (Å²) in [4.78, 5) is 13.3. The van der Waals surface area contributed by atoms with Crippen LogP contribution in [0.25, 0.3) is 0 Å². The summed E-state index contributed by atoms with van der Waals surface area (Å²) >= 11 is 0. The number of carbonyl (C=O) groups is 1. The Morgan fingerprint density at radius 2 is 2.19 bits per heavy atom. The Morgan fingerprint density at radius 1 is 1.62 bits per heavy atom. The number of carbonyl (C=O) groups excluding carboxylic acids is 1. The van der Waals surface area contributed by atoms with Gasteiger partial charge in [0.15, 0.2) is 0 Å². The molecule has 90 valence electrons. The van der Waals surface area contributed by atoms with E-state index in [9.17, 15) is 9.18 Å². The molecular weight excluding hydrogens is 209 g/mol. The fourth-order valence-electron chi connectivity index (χ4n) is 1.70. The molecule has 1 fully saturated rings. The summed E-state index contributed by atoms with van der Waals surface area (Å²) in [5.41, 5.74) is 5.43. The van der Waals surface area contributed by atoms with Gasteiger partial charge < -0.3 is 10.6 Å². The molecule has 0 unspecified atom stereocenters. The summed E-state index contributed by atoms with van der Waals surface area (Å²) in [5, 5.41) is 8.84. The predicted octanol–water partition coefficient (Wildman–Crippen LogP) is 0.822. The minimum absolute atomic E-state index is 0.0131. The van der Waals surface area contributed by atoms with Crippen LogP contribution in [-0.4, -0.2) is 35.6 Å². The Kier molecular flexibility index (Phi) is 3.54. The third-order valence-electron chi connectivity index (χ3n) is 2.88. The lowest BCUT2D eigenvalue weighted by Crippen LogP contribution is -2.51. The molecule has 4 nitrogen and oxygen atoms in total. The molecule has 1 rings (SSSR count). The molecule has 0 aliphatic carbocycles. The van der Waals surface area contributed by atoms with Crippen molar-refractivity contribution in [1.82, 2.24) is 4.90 Å². The molecule has 0 bridgehead atoms. The lowest BCUT2D eigenvalue weighted by Gasteiger charge is -2.30. The summed E-state index contributed by atoms with van der Waals surface area (Å²) in [7, 11) is 0. The first-order valence-electron chi connectivity index (χ1n) is 5.37. The third-order valence-corrected chi connectivity index (χ3v) is 2.88. The van der Waals surface area contributed by atoms with Crippen LogP contribution in [0.5, 0.6) is 0 Å². The number of nitrogens with zero attached hydrogens (tertiary/aromatic N) is 2. The van der Waals surface area contributed by atoms with Crippen LogP contribution in [0.1, 0.15) is 27.2 Å². The van der Waals surface area contributed by atoms with Gasteiger partial charge in [-0.25, -0.2) is 4.39 Å². The Balaban J connectivity index is 2.79. The molecule has 0 aromatic rings. The van der Waals surface area contributed by atoms with Crippen molar-refractivity contribution in [1.29, 1.82) is 5.26 Å². The van der Waals surface area contributed by atoms with E-state index in [-0.39, 0.29) is 24.3 Å². The first kappa shape index (κ1) is 12.9.